The van der Waals surface area contributed by atoms with Gasteiger partial charge in [-0.3, -0.25) is 14.9 Å². The van der Waals surface area contributed by atoms with Crippen LogP contribution in [0.4, 0.5) is 17.1 Å². The molecule has 0 saturated heterocycles. The number of nitrogens with one attached hydrogen (secondary N) is 2. The molecule has 0 atom stereocenters. The number of amides is 1. The molecule has 1 heterocycles. The summed E-state index contributed by atoms with van der Waals surface area (Å²) in [4.78, 5) is 22.7. The van der Waals surface area contributed by atoms with Crippen LogP contribution in [0.1, 0.15) is 17.0 Å². The Morgan fingerprint density at radius 1 is 1.23 bits per heavy atom. The van der Waals surface area contributed by atoms with Crippen LogP contribution in [-0.4, -0.2) is 26.8 Å². The van der Waals surface area contributed by atoms with Gasteiger partial charge in [0, 0.05) is 21.8 Å². The summed E-state index contributed by atoms with van der Waals surface area (Å²) in [5, 5.41) is 24.9. The van der Waals surface area contributed by atoms with Crippen LogP contribution in [0.5, 0.6) is 0 Å². The predicted octanol–water partition coefficient (Wildman–Crippen LogP) is 4.70. The van der Waals surface area contributed by atoms with E-state index in [1.54, 1.807) is 19.1 Å². The number of nitro benzene ring substituents is 1. The van der Waals surface area contributed by atoms with E-state index in [0.29, 0.717) is 22.8 Å². The number of hydrogen-bond donors (Lipinski definition) is 2. The average Bonchev–Trinajstić information content (AvgIpc) is 3.15. The number of nitro groups is 1. The summed E-state index contributed by atoms with van der Waals surface area (Å²) in [7, 11) is 0. The first-order valence-corrected chi connectivity index (χ1v) is 10.6. The molecule has 0 aliphatic rings. The minimum atomic E-state index is -0.428. The van der Waals surface area contributed by atoms with Crippen molar-refractivity contribution in [2.75, 3.05) is 16.4 Å². The van der Waals surface area contributed by atoms with Gasteiger partial charge in [-0.1, -0.05) is 23.9 Å². The average molecular weight is 492 g/mol. The van der Waals surface area contributed by atoms with Gasteiger partial charge in [-0.15, -0.1) is 10.2 Å². The van der Waals surface area contributed by atoms with E-state index >= 15 is 0 Å². The largest absolute Gasteiger partial charge is 0.414 e. The van der Waals surface area contributed by atoms with E-state index in [1.165, 1.54) is 6.07 Å². The monoisotopic (exact) mass is 491 g/mol. The summed E-state index contributed by atoms with van der Waals surface area (Å²) in [6.45, 7) is 3.85. The van der Waals surface area contributed by atoms with Gasteiger partial charge in [0.05, 0.1) is 22.9 Å². The first-order valence-electron chi connectivity index (χ1n) is 8.82. The number of carbonyl (C=O) groups is 1. The van der Waals surface area contributed by atoms with E-state index in [1.807, 2.05) is 25.1 Å². The Hall–Kier alpha value is -2.92. The zero-order valence-corrected chi connectivity index (χ0v) is 18.5. The SMILES string of the molecule is Cc1ccc(NC(=O)CSc2nnc(CNc3ccc(C)c([N+](=O)[O-])c3)o2)c(Br)c1. The fraction of sp³-hybridized carbons (Fsp3) is 0.211. The van der Waals surface area contributed by atoms with Gasteiger partial charge in [0.15, 0.2) is 0 Å². The van der Waals surface area contributed by atoms with Crippen LogP contribution in [0.15, 0.2) is 50.5 Å². The number of halogens is 1. The lowest BCUT2D eigenvalue weighted by Gasteiger charge is -2.07. The topological polar surface area (TPSA) is 123 Å². The summed E-state index contributed by atoms with van der Waals surface area (Å²) in [5.74, 6) is 0.219. The van der Waals surface area contributed by atoms with Gasteiger partial charge in [0.25, 0.3) is 10.9 Å². The fourth-order valence-electron chi connectivity index (χ4n) is 2.50. The molecule has 3 aromatic rings. The van der Waals surface area contributed by atoms with Gasteiger partial charge in [-0.2, -0.15) is 0 Å². The standard InChI is InChI=1S/C19H18BrN5O4S/c1-11-3-6-15(14(20)7-11)22-17(26)10-30-19-24-23-18(29-19)9-21-13-5-4-12(2)16(8-13)25(27)28/h3-8,21H,9-10H2,1-2H3,(H,22,26). The van der Waals surface area contributed by atoms with E-state index in [2.05, 4.69) is 36.8 Å². The molecule has 1 aromatic heterocycles. The second kappa shape index (κ2) is 9.72. The van der Waals surface area contributed by atoms with Crippen molar-refractivity contribution in [1.29, 1.82) is 0 Å². The van der Waals surface area contributed by atoms with E-state index < -0.39 is 4.92 Å². The quantitative estimate of drug-likeness (QED) is 0.264. The first kappa shape index (κ1) is 21.8. The van der Waals surface area contributed by atoms with Crippen molar-refractivity contribution in [2.45, 2.75) is 25.6 Å². The van der Waals surface area contributed by atoms with Crippen LogP contribution < -0.4 is 10.6 Å². The highest BCUT2D eigenvalue weighted by atomic mass is 79.9. The van der Waals surface area contributed by atoms with Crippen molar-refractivity contribution in [3.63, 3.8) is 0 Å². The summed E-state index contributed by atoms with van der Waals surface area (Å²) in [5.41, 5.74) is 2.96. The smallest absolute Gasteiger partial charge is 0.277 e. The molecule has 0 fully saturated rings. The molecule has 0 unspecified atom stereocenters. The second-order valence-electron chi connectivity index (χ2n) is 6.39. The Kier molecular flexibility index (Phi) is 7.06. The molecule has 0 saturated carbocycles. The normalized spacial score (nSPS) is 10.6. The van der Waals surface area contributed by atoms with Crippen LogP contribution in [0, 0.1) is 24.0 Å². The maximum absolute atomic E-state index is 12.1. The van der Waals surface area contributed by atoms with Crippen LogP contribution in [-0.2, 0) is 11.3 Å². The Balaban J connectivity index is 1.51. The van der Waals surface area contributed by atoms with Gasteiger partial charge in [0.1, 0.15) is 0 Å². The van der Waals surface area contributed by atoms with Crippen LogP contribution in [0.2, 0.25) is 0 Å². The lowest BCUT2D eigenvalue weighted by atomic mass is 10.2. The molecule has 0 aliphatic heterocycles. The number of rotatable bonds is 8. The highest BCUT2D eigenvalue weighted by molar-refractivity contribution is 9.10. The number of thioether (sulfide) groups is 1. The highest BCUT2D eigenvalue weighted by Gasteiger charge is 2.13. The molecule has 1 amide bonds. The van der Waals surface area contributed by atoms with E-state index in [0.717, 1.165) is 21.8 Å². The molecule has 2 aromatic carbocycles. The minimum Gasteiger partial charge on any atom is -0.414 e. The molecule has 3 rings (SSSR count). The van der Waals surface area contributed by atoms with Crippen molar-refractivity contribution in [3.05, 3.63) is 68.0 Å². The molecular formula is C19H18BrN5O4S. The number of nitrogens with zero attached hydrogens (tertiary/aromatic N) is 3. The van der Waals surface area contributed by atoms with Crippen LogP contribution >= 0.6 is 27.7 Å². The molecule has 0 radical (unpaired) electrons. The summed E-state index contributed by atoms with van der Waals surface area (Å²) in [6.07, 6.45) is 0. The second-order valence-corrected chi connectivity index (χ2v) is 8.17. The number of carbonyl (C=O) groups excluding carboxylic acids is 1. The van der Waals surface area contributed by atoms with Crippen molar-refractivity contribution in [1.82, 2.24) is 10.2 Å². The molecule has 30 heavy (non-hydrogen) atoms. The fourth-order valence-corrected chi connectivity index (χ4v) is 3.67. The first-order chi connectivity index (χ1) is 14.3. The van der Waals surface area contributed by atoms with E-state index in [9.17, 15) is 14.9 Å². The van der Waals surface area contributed by atoms with Crippen LogP contribution in [0.25, 0.3) is 0 Å². The number of benzene rings is 2. The Bertz CT molecular complexity index is 1090. The molecule has 9 nitrogen and oxygen atoms in total. The van der Waals surface area contributed by atoms with Gasteiger partial charge >= 0.3 is 0 Å². The zero-order valence-electron chi connectivity index (χ0n) is 16.1. The highest BCUT2D eigenvalue weighted by Crippen LogP contribution is 2.25. The molecule has 156 valence electrons. The Labute approximate surface area is 184 Å². The van der Waals surface area contributed by atoms with Crippen molar-refractivity contribution in [3.8, 4) is 0 Å². The Morgan fingerprint density at radius 2 is 2.03 bits per heavy atom. The molecule has 0 spiro atoms. The van der Waals surface area contributed by atoms with Crippen molar-refractivity contribution >= 4 is 50.7 Å². The molecule has 11 heteroatoms. The van der Waals surface area contributed by atoms with E-state index in [-0.39, 0.29) is 29.1 Å². The van der Waals surface area contributed by atoms with Gasteiger partial charge in [0.2, 0.25) is 11.8 Å². The summed E-state index contributed by atoms with van der Waals surface area (Å²) in [6, 6.07) is 10.5. The molecule has 0 bridgehead atoms. The molecule has 2 N–H and O–H groups in total. The van der Waals surface area contributed by atoms with Crippen LogP contribution in [0.3, 0.4) is 0 Å². The summed E-state index contributed by atoms with van der Waals surface area (Å²) < 4.78 is 6.31. The van der Waals surface area contributed by atoms with Gasteiger partial charge in [-0.25, -0.2) is 0 Å². The lowest BCUT2D eigenvalue weighted by Crippen LogP contribution is -2.14. The van der Waals surface area contributed by atoms with Gasteiger partial charge in [-0.05, 0) is 53.5 Å². The van der Waals surface area contributed by atoms with E-state index in [4.69, 9.17) is 4.42 Å². The maximum Gasteiger partial charge on any atom is 0.277 e. The lowest BCUT2D eigenvalue weighted by molar-refractivity contribution is -0.385. The van der Waals surface area contributed by atoms with Gasteiger partial charge < -0.3 is 15.1 Å². The number of hydrogen-bond acceptors (Lipinski definition) is 8. The number of anilines is 2. The predicted molar refractivity (Wildman–Crippen MR) is 118 cm³/mol. The maximum atomic E-state index is 12.1. The third kappa shape index (κ3) is 5.80. The van der Waals surface area contributed by atoms with Crippen molar-refractivity contribution in [2.24, 2.45) is 0 Å². The molecular weight excluding hydrogens is 474 g/mol. The minimum absolute atomic E-state index is 0.0352. The Morgan fingerprint density at radius 3 is 2.77 bits per heavy atom. The van der Waals surface area contributed by atoms with Crippen molar-refractivity contribution < 1.29 is 14.1 Å². The third-order valence-corrected chi connectivity index (χ3v) is 5.50. The zero-order chi connectivity index (χ0) is 21.7. The summed E-state index contributed by atoms with van der Waals surface area (Å²) >= 11 is 4.54. The third-order valence-electron chi connectivity index (χ3n) is 4.02. The number of aromatic nitrogens is 2. The molecule has 0 aliphatic carbocycles. The number of aryl methyl sites for hydroxylation is 2.